The topological polar surface area (TPSA) is 12.9 Å². The van der Waals surface area contributed by atoms with Crippen LogP contribution in [0.25, 0.3) is 53.9 Å². The summed E-state index contributed by atoms with van der Waals surface area (Å²) >= 11 is 0. The lowest BCUT2D eigenvalue weighted by atomic mass is 9.91. The number of aromatic nitrogens is 1. The maximum atomic E-state index is 4.41. The highest BCUT2D eigenvalue weighted by Crippen LogP contribution is 2.38. The van der Waals surface area contributed by atoms with Crippen molar-refractivity contribution in [3.8, 4) is 0 Å². The molecule has 1 aromatic heterocycles. The molecule has 0 aliphatic heterocycles. The summed E-state index contributed by atoms with van der Waals surface area (Å²) in [6.45, 7) is 0. The van der Waals surface area contributed by atoms with Gasteiger partial charge in [0, 0.05) is 17.8 Å². The van der Waals surface area contributed by atoms with Gasteiger partial charge in [0.25, 0.3) is 0 Å². The van der Waals surface area contributed by atoms with Crippen molar-refractivity contribution in [2.24, 2.45) is 0 Å². The lowest BCUT2D eigenvalue weighted by Gasteiger charge is -2.12. The highest BCUT2D eigenvalue weighted by molar-refractivity contribution is 6.31. The van der Waals surface area contributed by atoms with Crippen molar-refractivity contribution in [2.45, 2.75) is 0 Å². The third kappa shape index (κ3) is 1.77. The smallest absolute Gasteiger partial charge is 0.0352 e. The summed E-state index contributed by atoms with van der Waals surface area (Å²) in [5.41, 5.74) is 0. The van der Waals surface area contributed by atoms with Gasteiger partial charge in [-0.1, -0.05) is 72.8 Å². The molecule has 0 amide bonds. The van der Waals surface area contributed by atoms with Gasteiger partial charge in [-0.2, -0.15) is 0 Å². The predicted octanol–water partition coefficient (Wildman–Crippen LogP) is 6.85. The lowest BCUT2D eigenvalue weighted by Crippen LogP contribution is -1.85. The second kappa shape index (κ2) is 5.03. The first-order valence-corrected chi connectivity index (χ1v) is 8.90. The van der Waals surface area contributed by atoms with Crippen LogP contribution in [0, 0.1) is 0 Å². The Kier molecular flexibility index (Phi) is 2.67. The standard InChI is InChI=1S/C25H15N/c1-2-4-21-16(3-1)5-7-18-9-11-20-12-10-19-8-6-17-13-14-26-15-22(17)24(19)25(20)23(18)21/h1-15H. The Morgan fingerprint density at radius 1 is 0.423 bits per heavy atom. The molecular weight excluding hydrogens is 314 g/mol. The quantitative estimate of drug-likeness (QED) is 0.278. The molecule has 6 rings (SSSR count). The second-order valence-corrected chi connectivity index (χ2v) is 6.87. The lowest BCUT2D eigenvalue weighted by molar-refractivity contribution is 1.37. The van der Waals surface area contributed by atoms with Gasteiger partial charge in [0.2, 0.25) is 0 Å². The van der Waals surface area contributed by atoms with Gasteiger partial charge in [0.05, 0.1) is 0 Å². The monoisotopic (exact) mass is 329 g/mol. The van der Waals surface area contributed by atoms with Crippen LogP contribution in [0.2, 0.25) is 0 Å². The van der Waals surface area contributed by atoms with Gasteiger partial charge >= 0.3 is 0 Å². The van der Waals surface area contributed by atoms with Gasteiger partial charge in [-0.05, 0) is 54.5 Å². The molecule has 0 aliphatic carbocycles. The first kappa shape index (κ1) is 13.8. The molecular formula is C25H15N. The third-order valence-corrected chi connectivity index (χ3v) is 5.49. The van der Waals surface area contributed by atoms with Gasteiger partial charge in [-0.3, -0.25) is 4.98 Å². The number of fused-ring (bicyclic) bond motifs is 9. The Morgan fingerprint density at radius 2 is 0.962 bits per heavy atom. The molecule has 0 radical (unpaired) electrons. The normalized spacial score (nSPS) is 11.8. The molecule has 1 nitrogen and oxygen atoms in total. The number of benzene rings is 5. The number of hydrogen-bond acceptors (Lipinski definition) is 1. The fourth-order valence-corrected chi connectivity index (χ4v) is 4.30. The fourth-order valence-electron chi connectivity index (χ4n) is 4.30. The van der Waals surface area contributed by atoms with Crippen LogP contribution < -0.4 is 0 Å². The van der Waals surface area contributed by atoms with Crippen LogP contribution in [0.4, 0.5) is 0 Å². The highest BCUT2D eigenvalue weighted by Gasteiger charge is 2.11. The van der Waals surface area contributed by atoms with E-state index in [4.69, 9.17) is 0 Å². The highest BCUT2D eigenvalue weighted by atomic mass is 14.6. The molecule has 5 aromatic carbocycles. The van der Waals surface area contributed by atoms with Crippen LogP contribution >= 0.6 is 0 Å². The molecule has 1 heterocycles. The average Bonchev–Trinajstić information content (AvgIpc) is 2.72. The Balaban J connectivity index is 2.03. The zero-order valence-corrected chi connectivity index (χ0v) is 14.1. The van der Waals surface area contributed by atoms with Gasteiger partial charge in [0.1, 0.15) is 0 Å². The first-order valence-electron chi connectivity index (χ1n) is 8.90. The Morgan fingerprint density at radius 3 is 1.69 bits per heavy atom. The largest absolute Gasteiger partial charge is 0.264 e. The van der Waals surface area contributed by atoms with E-state index in [0.717, 1.165) is 0 Å². The van der Waals surface area contributed by atoms with Gasteiger partial charge in [0.15, 0.2) is 0 Å². The van der Waals surface area contributed by atoms with Crippen LogP contribution in [-0.4, -0.2) is 4.98 Å². The van der Waals surface area contributed by atoms with Crippen molar-refractivity contribution in [1.29, 1.82) is 0 Å². The number of nitrogens with zero attached hydrogens (tertiary/aromatic N) is 1. The maximum Gasteiger partial charge on any atom is 0.0352 e. The summed E-state index contributed by atoms with van der Waals surface area (Å²) in [4.78, 5) is 4.41. The van der Waals surface area contributed by atoms with Crippen molar-refractivity contribution in [2.75, 3.05) is 0 Å². The summed E-state index contributed by atoms with van der Waals surface area (Å²) in [6, 6.07) is 28.6. The molecule has 0 aliphatic rings. The molecule has 0 N–H and O–H groups in total. The first-order chi connectivity index (χ1) is 12.9. The summed E-state index contributed by atoms with van der Waals surface area (Å²) in [6.07, 6.45) is 3.87. The van der Waals surface area contributed by atoms with Crippen molar-refractivity contribution < 1.29 is 0 Å². The molecule has 0 fully saturated rings. The summed E-state index contributed by atoms with van der Waals surface area (Å²) in [7, 11) is 0. The van der Waals surface area contributed by atoms with E-state index in [1.807, 2.05) is 12.4 Å². The SMILES string of the molecule is c1ccc2c(c1)ccc1ccc3ccc4ccc5ccncc5c4c3c12. The maximum absolute atomic E-state index is 4.41. The van der Waals surface area contributed by atoms with E-state index >= 15 is 0 Å². The molecule has 6 aromatic rings. The van der Waals surface area contributed by atoms with Gasteiger partial charge in [-0.15, -0.1) is 0 Å². The van der Waals surface area contributed by atoms with Crippen LogP contribution in [0.5, 0.6) is 0 Å². The van der Waals surface area contributed by atoms with Gasteiger partial charge < -0.3 is 0 Å². The Labute approximate surface area is 150 Å². The van der Waals surface area contributed by atoms with E-state index in [-0.39, 0.29) is 0 Å². The van der Waals surface area contributed by atoms with Crippen molar-refractivity contribution in [3.63, 3.8) is 0 Å². The molecule has 0 bridgehead atoms. The molecule has 0 atom stereocenters. The van der Waals surface area contributed by atoms with Gasteiger partial charge in [-0.25, -0.2) is 0 Å². The molecule has 0 unspecified atom stereocenters. The summed E-state index contributed by atoms with van der Waals surface area (Å²) in [5.74, 6) is 0. The van der Waals surface area contributed by atoms with E-state index in [9.17, 15) is 0 Å². The minimum absolute atomic E-state index is 1.22. The zero-order chi connectivity index (χ0) is 17.1. The van der Waals surface area contributed by atoms with E-state index < -0.39 is 0 Å². The molecule has 0 saturated carbocycles. The van der Waals surface area contributed by atoms with Crippen LogP contribution in [0.1, 0.15) is 0 Å². The van der Waals surface area contributed by atoms with Crippen molar-refractivity contribution >= 4 is 53.9 Å². The summed E-state index contributed by atoms with van der Waals surface area (Å²) in [5, 5.41) is 12.8. The summed E-state index contributed by atoms with van der Waals surface area (Å²) < 4.78 is 0. The Hall–Kier alpha value is -3.45. The average molecular weight is 329 g/mol. The van der Waals surface area contributed by atoms with Crippen LogP contribution in [0.3, 0.4) is 0 Å². The Bertz CT molecular complexity index is 1360. The number of pyridine rings is 1. The minimum atomic E-state index is 1.22. The second-order valence-electron chi connectivity index (χ2n) is 6.87. The number of hydrogen-bond donors (Lipinski definition) is 0. The zero-order valence-electron chi connectivity index (χ0n) is 14.1. The van der Waals surface area contributed by atoms with Crippen molar-refractivity contribution in [3.05, 3.63) is 91.3 Å². The molecule has 0 saturated heterocycles. The van der Waals surface area contributed by atoms with Crippen LogP contribution in [-0.2, 0) is 0 Å². The minimum Gasteiger partial charge on any atom is -0.264 e. The molecule has 120 valence electrons. The van der Waals surface area contributed by atoms with E-state index in [2.05, 4.69) is 83.8 Å². The number of rotatable bonds is 0. The van der Waals surface area contributed by atoms with E-state index in [1.165, 1.54) is 53.9 Å². The van der Waals surface area contributed by atoms with E-state index in [0.29, 0.717) is 0 Å². The molecule has 0 spiro atoms. The molecule has 26 heavy (non-hydrogen) atoms. The molecule has 1 heteroatoms. The van der Waals surface area contributed by atoms with Crippen LogP contribution in [0.15, 0.2) is 91.3 Å². The van der Waals surface area contributed by atoms with E-state index in [1.54, 1.807) is 0 Å². The predicted molar refractivity (Wildman–Crippen MR) is 112 cm³/mol. The third-order valence-electron chi connectivity index (χ3n) is 5.49. The van der Waals surface area contributed by atoms with Crippen molar-refractivity contribution in [1.82, 2.24) is 4.98 Å². The fraction of sp³-hybridized carbons (Fsp3) is 0.